The van der Waals surface area contributed by atoms with Gasteiger partial charge in [-0.2, -0.15) is 0 Å². The van der Waals surface area contributed by atoms with E-state index in [9.17, 15) is 0 Å². The maximum Gasteiger partial charge on any atom is 0.158 e. The van der Waals surface area contributed by atoms with Gasteiger partial charge in [0.15, 0.2) is 6.29 Å². The standard InChI is InChI=1S/C13H27NO3/c1-5-15-13(16-6-2)7-8-14-9-11(3)17-12(4)10-14/h11-13H,5-10H2,1-4H3. The van der Waals surface area contributed by atoms with Crippen molar-refractivity contribution in [3.63, 3.8) is 0 Å². The lowest BCUT2D eigenvalue weighted by molar-refractivity contribution is -0.146. The van der Waals surface area contributed by atoms with Crippen molar-refractivity contribution < 1.29 is 14.2 Å². The quantitative estimate of drug-likeness (QED) is 0.641. The number of hydrogen-bond acceptors (Lipinski definition) is 4. The lowest BCUT2D eigenvalue weighted by Crippen LogP contribution is -2.46. The average Bonchev–Trinajstić information content (AvgIpc) is 2.25. The minimum atomic E-state index is -0.0570. The van der Waals surface area contributed by atoms with E-state index in [1.165, 1.54) is 0 Å². The first-order chi connectivity index (χ1) is 8.15. The van der Waals surface area contributed by atoms with E-state index in [4.69, 9.17) is 14.2 Å². The van der Waals surface area contributed by atoms with Gasteiger partial charge in [0.2, 0.25) is 0 Å². The highest BCUT2D eigenvalue weighted by molar-refractivity contribution is 4.73. The predicted molar refractivity (Wildman–Crippen MR) is 68.1 cm³/mol. The van der Waals surface area contributed by atoms with Crippen molar-refractivity contribution in [2.75, 3.05) is 32.8 Å². The molecule has 0 spiro atoms. The second-order valence-corrected chi connectivity index (χ2v) is 4.65. The summed E-state index contributed by atoms with van der Waals surface area (Å²) in [5, 5.41) is 0. The third kappa shape index (κ3) is 5.82. The number of morpholine rings is 1. The number of rotatable bonds is 7. The van der Waals surface area contributed by atoms with Crippen molar-refractivity contribution in [3.05, 3.63) is 0 Å². The van der Waals surface area contributed by atoms with Gasteiger partial charge in [-0.05, 0) is 27.7 Å². The molecule has 1 rings (SSSR count). The first-order valence-electron chi connectivity index (χ1n) is 6.76. The second-order valence-electron chi connectivity index (χ2n) is 4.65. The molecular weight excluding hydrogens is 218 g/mol. The first-order valence-corrected chi connectivity index (χ1v) is 6.76. The highest BCUT2D eigenvalue weighted by Crippen LogP contribution is 2.12. The van der Waals surface area contributed by atoms with Crippen molar-refractivity contribution in [3.8, 4) is 0 Å². The SMILES string of the molecule is CCOC(CCN1CC(C)OC(C)C1)OCC. The Morgan fingerprint density at radius 2 is 1.65 bits per heavy atom. The van der Waals surface area contributed by atoms with Gasteiger partial charge in [-0.3, -0.25) is 4.90 Å². The fourth-order valence-electron chi connectivity index (χ4n) is 2.34. The molecule has 0 bridgehead atoms. The van der Waals surface area contributed by atoms with Crippen LogP contribution in [0, 0.1) is 0 Å². The fourth-order valence-corrected chi connectivity index (χ4v) is 2.34. The Morgan fingerprint density at radius 1 is 1.12 bits per heavy atom. The van der Waals surface area contributed by atoms with Gasteiger partial charge in [-0.15, -0.1) is 0 Å². The van der Waals surface area contributed by atoms with E-state index < -0.39 is 0 Å². The Kier molecular flexibility index (Phi) is 7.04. The molecule has 0 aromatic carbocycles. The molecule has 1 aliphatic rings. The van der Waals surface area contributed by atoms with E-state index >= 15 is 0 Å². The van der Waals surface area contributed by atoms with Crippen molar-refractivity contribution in [1.82, 2.24) is 4.90 Å². The van der Waals surface area contributed by atoms with Gasteiger partial charge in [0.25, 0.3) is 0 Å². The molecule has 4 nitrogen and oxygen atoms in total. The third-order valence-corrected chi connectivity index (χ3v) is 2.88. The van der Waals surface area contributed by atoms with Crippen molar-refractivity contribution in [2.24, 2.45) is 0 Å². The molecule has 2 unspecified atom stereocenters. The van der Waals surface area contributed by atoms with Gasteiger partial charge < -0.3 is 14.2 Å². The van der Waals surface area contributed by atoms with Gasteiger partial charge in [0.1, 0.15) is 0 Å². The molecule has 0 aromatic rings. The molecule has 2 atom stereocenters. The summed E-state index contributed by atoms with van der Waals surface area (Å²) in [6.07, 6.45) is 1.53. The van der Waals surface area contributed by atoms with Crippen molar-refractivity contribution >= 4 is 0 Å². The van der Waals surface area contributed by atoms with E-state index in [0.29, 0.717) is 25.4 Å². The normalized spacial score (nSPS) is 26.6. The maximum absolute atomic E-state index is 5.71. The molecule has 1 heterocycles. The number of hydrogen-bond donors (Lipinski definition) is 0. The van der Waals surface area contributed by atoms with Crippen LogP contribution in [0.4, 0.5) is 0 Å². The topological polar surface area (TPSA) is 30.9 Å². The van der Waals surface area contributed by atoms with Crippen LogP contribution in [0.3, 0.4) is 0 Å². The van der Waals surface area contributed by atoms with E-state index in [1.807, 2.05) is 13.8 Å². The molecule has 1 fully saturated rings. The highest BCUT2D eigenvalue weighted by Gasteiger charge is 2.22. The summed E-state index contributed by atoms with van der Waals surface area (Å²) in [7, 11) is 0. The Labute approximate surface area is 105 Å². The van der Waals surface area contributed by atoms with E-state index in [-0.39, 0.29) is 6.29 Å². The zero-order chi connectivity index (χ0) is 12.7. The molecule has 0 radical (unpaired) electrons. The maximum atomic E-state index is 5.71. The van der Waals surface area contributed by atoms with E-state index in [0.717, 1.165) is 26.1 Å². The Morgan fingerprint density at radius 3 is 2.12 bits per heavy atom. The van der Waals surface area contributed by atoms with Crippen LogP contribution in [-0.4, -0.2) is 56.2 Å². The summed E-state index contributed by atoms with van der Waals surface area (Å²) >= 11 is 0. The van der Waals surface area contributed by atoms with Gasteiger partial charge in [0, 0.05) is 39.3 Å². The van der Waals surface area contributed by atoms with Crippen LogP contribution < -0.4 is 0 Å². The molecule has 17 heavy (non-hydrogen) atoms. The number of ether oxygens (including phenoxy) is 3. The monoisotopic (exact) mass is 245 g/mol. The summed E-state index contributed by atoms with van der Waals surface area (Å²) < 4.78 is 16.8. The Hall–Kier alpha value is -0.160. The third-order valence-electron chi connectivity index (χ3n) is 2.88. The fraction of sp³-hybridized carbons (Fsp3) is 1.00. The van der Waals surface area contributed by atoms with Gasteiger partial charge in [-0.1, -0.05) is 0 Å². The van der Waals surface area contributed by atoms with Crippen molar-refractivity contribution in [1.29, 1.82) is 0 Å². The predicted octanol–water partition coefficient (Wildman–Crippen LogP) is 1.88. The Bertz CT molecular complexity index is 185. The molecule has 0 amide bonds. The summed E-state index contributed by atoms with van der Waals surface area (Å²) in [5.74, 6) is 0. The first kappa shape index (κ1) is 14.9. The highest BCUT2D eigenvalue weighted by atomic mass is 16.7. The molecule has 1 aliphatic heterocycles. The molecular formula is C13H27NO3. The Balaban J connectivity index is 2.27. The molecule has 0 aliphatic carbocycles. The average molecular weight is 245 g/mol. The smallest absolute Gasteiger partial charge is 0.158 e. The molecule has 0 N–H and O–H groups in total. The zero-order valence-electron chi connectivity index (χ0n) is 11.6. The van der Waals surface area contributed by atoms with Crippen molar-refractivity contribution in [2.45, 2.75) is 52.6 Å². The minimum Gasteiger partial charge on any atom is -0.373 e. The van der Waals surface area contributed by atoms with Crippen LogP contribution in [0.5, 0.6) is 0 Å². The second kappa shape index (κ2) is 8.03. The largest absolute Gasteiger partial charge is 0.373 e. The lowest BCUT2D eigenvalue weighted by Gasteiger charge is -2.35. The number of nitrogens with zero attached hydrogens (tertiary/aromatic N) is 1. The van der Waals surface area contributed by atoms with Crippen LogP contribution in [0.25, 0.3) is 0 Å². The van der Waals surface area contributed by atoms with Crippen LogP contribution in [0.1, 0.15) is 34.1 Å². The van der Waals surface area contributed by atoms with E-state index in [1.54, 1.807) is 0 Å². The molecule has 102 valence electrons. The molecule has 4 heteroatoms. The lowest BCUT2D eigenvalue weighted by atomic mass is 10.2. The summed E-state index contributed by atoms with van der Waals surface area (Å²) in [6, 6.07) is 0. The minimum absolute atomic E-state index is 0.0570. The summed E-state index contributed by atoms with van der Waals surface area (Å²) in [4.78, 5) is 2.43. The zero-order valence-corrected chi connectivity index (χ0v) is 11.6. The van der Waals surface area contributed by atoms with Gasteiger partial charge >= 0.3 is 0 Å². The van der Waals surface area contributed by atoms with E-state index in [2.05, 4.69) is 18.7 Å². The summed E-state index contributed by atoms with van der Waals surface area (Å²) in [6.45, 7) is 12.7. The van der Waals surface area contributed by atoms with Gasteiger partial charge in [-0.25, -0.2) is 0 Å². The van der Waals surface area contributed by atoms with Crippen LogP contribution >= 0.6 is 0 Å². The van der Waals surface area contributed by atoms with Gasteiger partial charge in [0.05, 0.1) is 12.2 Å². The molecule has 0 saturated carbocycles. The molecule has 1 saturated heterocycles. The van der Waals surface area contributed by atoms with Crippen LogP contribution in [0.2, 0.25) is 0 Å². The summed E-state index contributed by atoms with van der Waals surface area (Å²) in [5.41, 5.74) is 0. The van der Waals surface area contributed by atoms with Crippen LogP contribution in [0.15, 0.2) is 0 Å². The van der Waals surface area contributed by atoms with Crippen LogP contribution in [-0.2, 0) is 14.2 Å². The molecule has 0 aromatic heterocycles.